The van der Waals surface area contributed by atoms with Gasteiger partial charge >= 0.3 is 0 Å². The van der Waals surface area contributed by atoms with Gasteiger partial charge < -0.3 is 15.6 Å². The van der Waals surface area contributed by atoms with Gasteiger partial charge in [-0.1, -0.05) is 18.2 Å². The summed E-state index contributed by atoms with van der Waals surface area (Å²) in [4.78, 5) is 0. The van der Waals surface area contributed by atoms with Gasteiger partial charge in [0.25, 0.3) is 0 Å². The monoisotopic (exact) mass is 261 g/mol. The summed E-state index contributed by atoms with van der Waals surface area (Å²) in [6.07, 6.45) is 0.523. The summed E-state index contributed by atoms with van der Waals surface area (Å²) in [5.41, 5.74) is 7.79. The van der Waals surface area contributed by atoms with Crippen LogP contribution in [0.25, 0.3) is 0 Å². The molecular formula is C15H16FNO2. The summed E-state index contributed by atoms with van der Waals surface area (Å²) in [5.74, 6) is 0.344. The summed E-state index contributed by atoms with van der Waals surface area (Å²) in [6.45, 7) is 0.258. The zero-order valence-corrected chi connectivity index (χ0v) is 10.5. The van der Waals surface area contributed by atoms with Gasteiger partial charge in [-0.3, -0.25) is 0 Å². The second-order valence-electron chi connectivity index (χ2n) is 4.21. The first kappa shape index (κ1) is 13.4. The average molecular weight is 261 g/mol. The molecule has 3 N–H and O–H groups in total. The highest BCUT2D eigenvalue weighted by atomic mass is 19.1. The first-order valence-electron chi connectivity index (χ1n) is 6.06. The standard InChI is InChI=1S/C15H16FNO2/c16-13-5-6-14(17)12(9-13)10-19-15-4-2-1-3-11(15)7-8-18/h1-6,9,18H,7-8,10,17H2. The largest absolute Gasteiger partial charge is 0.489 e. The fourth-order valence-corrected chi connectivity index (χ4v) is 1.83. The molecule has 0 fully saturated rings. The van der Waals surface area contributed by atoms with Crippen LogP contribution in [0, 0.1) is 5.82 Å². The second kappa shape index (κ2) is 6.20. The van der Waals surface area contributed by atoms with Crippen molar-refractivity contribution in [3.05, 3.63) is 59.4 Å². The second-order valence-corrected chi connectivity index (χ2v) is 4.21. The van der Waals surface area contributed by atoms with E-state index >= 15 is 0 Å². The number of benzene rings is 2. The van der Waals surface area contributed by atoms with Crippen LogP contribution in [0.3, 0.4) is 0 Å². The molecule has 0 saturated heterocycles. The smallest absolute Gasteiger partial charge is 0.123 e. The quantitative estimate of drug-likeness (QED) is 0.813. The van der Waals surface area contributed by atoms with Crippen molar-refractivity contribution in [2.24, 2.45) is 0 Å². The Balaban J connectivity index is 2.12. The van der Waals surface area contributed by atoms with Crippen molar-refractivity contribution < 1.29 is 14.2 Å². The minimum atomic E-state index is -0.337. The van der Waals surface area contributed by atoms with Gasteiger partial charge in [0, 0.05) is 17.9 Å². The van der Waals surface area contributed by atoms with Crippen LogP contribution >= 0.6 is 0 Å². The van der Waals surface area contributed by atoms with Gasteiger partial charge in [-0.25, -0.2) is 4.39 Å². The lowest BCUT2D eigenvalue weighted by Gasteiger charge is -2.12. The molecule has 0 saturated carbocycles. The highest BCUT2D eigenvalue weighted by Gasteiger charge is 2.05. The van der Waals surface area contributed by atoms with Crippen LogP contribution in [0.1, 0.15) is 11.1 Å². The summed E-state index contributed by atoms with van der Waals surface area (Å²) in [7, 11) is 0. The summed E-state index contributed by atoms with van der Waals surface area (Å²) in [5, 5.41) is 8.98. The van der Waals surface area contributed by atoms with Crippen molar-refractivity contribution in [3.8, 4) is 5.75 Å². The molecular weight excluding hydrogens is 245 g/mol. The Bertz CT molecular complexity index is 558. The van der Waals surface area contributed by atoms with Crippen molar-refractivity contribution in [2.75, 3.05) is 12.3 Å². The van der Waals surface area contributed by atoms with Gasteiger partial charge in [0.2, 0.25) is 0 Å². The topological polar surface area (TPSA) is 55.5 Å². The molecule has 19 heavy (non-hydrogen) atoms. The van der Waals surface area contributed by atoms with E-state index in [1.165, 1.54) is 18.2 Å². The van der Waals surface area contributed by atoms with E-state index in [1.54, 1.807) is 0 Å². The third-order valence-electron chi connectivity index (χ3n) is 2.84. The normalized spacial score (nSPS) is 10.4. The summed E-state index contributed by atoms with van der Waals surface area (Å²) < 4.78 is 18.8. The number of hydrogen-bond acceptors (Lipinski definition) is 3. The van der Waals surface area contributed by atoms with Crippen LogP contribution in [0.4, 0.5) is 10.1 Å². The van der Waals surface area contributed by atoms with Crippen molar-refractivity contribution >= 4 is 5.69 Å². The Morgan fingerprint density at radius 2 is 1.89 bits per heavy atom. The van der Waals surface area contributed by atoms with Crippen molar-refractivity contribution in [1.82, 2.24) is 0 Å². The molecule has 2 aromatic carbocycles. The van der Waals surface area contributed by atoms with Crippen LogP contribution < -0.4 is 10.5 Å². The van der Waals surface area contributed by atoms with Crippen molar-refractivity contribution in [1.29, 1.82) is 0 Å². The Morgan fingerprint density at radius 3 is 2.68 bits per heavy atom. The number of halogens is 1. The maximum Gasteiger partial charge on any atom is 0.123 e. The first-order valence-corrected chi connectivity index (χ1v) is 6.06. The third-order valence-corrected chi connectivity index (χ3v) is 2.84. The molecule has 2 rings (SSSR count). The number of nitrogen functional groups attached to an aromatic ring is 1. The number of rotatable bonds is 5. The zero-order valence-electron chi connectivity index (χ0n) is 10.5. The molecule has 0 amide bonds. The van der Waals surface area contributed by atoms with Crippen LogP contribution in [0.15, 0.2) is 42.5 Å². The maximum absolute atomic E-state index is 13.1. The van der Waals surface area contributed by atoms with Gasteiger partial charge in [0.1, 0.15) is 18.2 Å². The first-order chi connectivity index (χ1) is 9.20. The molecule has 0 unspecified atom stereocenters. The molecule has 4 heteroatoms. The molecule has 0 atom stereocenters. The number of aliphatic hydroxyl groups excluding tert-OH is 1. The molecule has 0 aliphatic carbocycles. The van der Waals surface area contributed by atoms with Gasteiger partial charge in [-0.2, -0.15) is 0 Å². The van der Waals surface area contributed by atoms with Crippen LogP contribution in [-0.2, 0) is 13.0 Å². The van der Waals surface area contributed by atoms with Gasteiger partial charge in [0.05, 0.1) is 0 Å². The summed E-state index contributed by atoms with van der Waals surface area (Å²) >= 11 is 0. The number of ether oxygens (including phenoxy) is 1. The van der Waals surface area contributed by atoms with E-state index in [-0.39, 0.29) is 19.0 Å². The maximum atomic E-state index is 13.1. The van der Waals surface area contributed by atoms with E-state index < -0.39 is 0 Å². The number of aliphatic hydroxyl groups is 1. The highest BCUT2D eigenvalue weighted by Crippen LogP contribution is 2.21. The summed E-state index contributed by atoms with van der Waals surface area (Å²) in [6, 6.07) is 11.6. The third kappa shape index (κ3) is 3.45. The lowest BCUT2D eigenvalue weighted by molar-refractivity contribution is 0.284. The van der Waals surface area contributed by atoms with E-state index in [2.05, 4.69) is 0 Å². The van der Waals surface area contributed by atoms with Crippen molar-refractivity contribution in [2.45, 2.75) is 13.0 Å². The molecule has 0 aliphatic heterocycles. The molecule has 0 spiro atoms. The molecule has 0 aromatic heterocycles. The van der Waals surface area contributed by atoms with Crippen LogP contribution in [-0.4, -0.2) is 11.7 Å². The average Bonchev–Trinajstić information content (AvgIpc) is 2.42. The lowest BCUT2D eigenvalue weighted by Crippen LogP contribution is -2.03. The molecule has 0 heterocycles. The van der Waals surface area contributed by atoms with E-state index in [4.69, 9.17) is 15.6 Å². The molecule has 3 nitrogen and oxygen atoms in total. The predicted molar refractivity (Wildman–Crippen MR) is 72.4 cm³/mol. The van der Waals surface area contributed by atoms with E-state index in [0.717, 1.165) is 5.56 Å². The highest BCUT2D eigenvalue weighted by molar-refractivity contribution is 5.46. The number of anilines is 1. The Hall–Kier alpha value is -2.07. The van der Waals surface area contributed by atoms with E-state index in [1.807, 2.05) is 24.3 Å². The van der Waals surface area contributed by atoms with Gasteiger partial charge in [-0.05, 0) is 36.2 Å². The molecule has 0 aliphatic rings. The Kier molecular flexibility index (Phi) is 4.36. The molecule has 0 radical (unpaired) electrons. The van der Waals surface area contributed by atoms with Crippen molar-refractivity contribution in [3.63, 3.8) is 0 Å². The molecule has 2 aromatic rings. The van der Waals surface area contributed by atoms with Gasteiger partial charge in [-0.15, -0.1) is 0 Å². The minimum Gasteiger partial charge on any atom is -0.489 e. The SMILES string of the molecule is Nc1ccc(F)cc1COc1ccccc1CCO. The van der Waals surface area contributed by atoms with Crippen LogP contribution in [0.2, 0.25) is 0 Å². The number of hydrogen-bond donors (Lipinski definition) is 2. The predicted octanol–water partition coefficient (Wildman–Crippen LogP) is 2.52. The molecule has 100 valence electrons. The van der Waals surface area contributed by atoms with Crippen LogP contribution in [0.5, 0.6) is 5.75 Å². The minimum absolute atomic E-state index is 0.0580. The van der Waals surface area contributed by atoms with Gasteiger partial charge in [0.15, 0.2) is 0 Å². The van der Waals surface area contributed by atoms with E-state index in [9.17, 15) is 4.39 Å². The lowest BCUT2D eigenvalue weighted by atomic mass is 10.1. The van der Waals surface area contributed by atoms with E-state index in [0.29, 0.717) is 23.4 Å². The number of nitrogens with two attached hydrogens (primary N) is 1. The number of para-hydroxylation sites is 1. The Morgan fingerprint density at radius 1 is 1.11 bits per heavy atom. The molecule has 0 bridgehead atoms. The fraction of sp³-hybridized carbons (Fsp3) is 0.200. The fourth-order valence-electron chi connectivity index (χ4n) is 1.83. The Labute approximate surface area is 111 Å². The zero-order chi connectivity index (χ0) is 13.7.